The highest BCUT2D eigenvalue weighted by Crippen LogP contribution is 2.40. The predicted octanol–water partition coefficient (Wildman–Crippen LogP) is 3.51. The van der Waals surface area contributed by atoms with E-state index in [0.717, 1.165) is 19.4 Å². The van der Waals surface area contributed by atoms with Crippen molar-refractivity contribution in [2.45, 2.75) is 63.5 Å². The normalized spacial score (nSPS) is 20.1. The summed E-state index contributed by atoms with van der Waals surface area (Å²) in [5.41, 5.74) is 1.28. The lowest BCUT2D eigenvalue weighted by Crippen LogP contribution is -2.47. The smallest absolute Gasteiger partial charge is 0.0693 e. The van der Waals surface area contributed by atoms with Crippen LogP contribution in [-0.4, -0.2) is 30.3 Å². The maximum atomic E-state index is 5.81. The Bertz CT molecular complexity index is 384. The molecule has 0 amide bonds. The third kappa shape index (κ3) is 3.58. The molecule has 3 nitrogen and oxygen atoms in total. The van der Waals surface area contributed by atoms with E-state index in [4.69, 9.17) is 4.74 Å². The highest BCUT2D eigenvalue weighted by atomic mass is 16.5. The Kier molecular flexibility index (Phi) is 5.55. The van der Waals surface area contributed by atoms with Gasteiger partial charge in [-0.25, -0.2) is 0 Å². The molecule has 1 aliphatic rings. The Morgan fingerprint density at radius 3 is 2.70 bits per heavy atom. The fourth-order valence-corrected chi connectivity index (χ4v) is 3.07. The first-order valence-electron chi connectivity index (χ1n) is 7.90. The van der Waals surface area contributed by atoms with Gasteiger partial charge in [0.15, 0.2) is 0 Å². The number of rotatable bonds is 8. The second-order valence-corrected chi connectivity index (χ2v) is 6.05. The molecule has 2 rings (SSSR count). The molecule has 1 aromatic rings. The number of ether oxygens (including phenoxy) is 1. The zero-order valence-electron chi connectivity index (χ0n) is 13.1. The van der Waals surface area contributed by atoms with Crippen LogP contribution in [0.25, 0.3) is 0 Å². The van der Waals surface area contributed by atoms with Gasteiger partial charge in [-0.15, -0.1) is 0 Å². The quantitative estimate of drug-likeness (QED) is 0.789. The summed E-state index contributed by atoms with van der Waals surface area (Å²) < 4.78 is 5.81. The third-order valence-electron chi connectivity index (χ3n) is 4.70. The van der Waals surface area contributed by atoms with Crippen molar-refractivity contribution in [3.63, 3.8) is 0 Å². The molecule has 0 radical (unpaired) electrons. The Morgan fingerprint density at radius 1 is 1.40 bits per heavy atom. The van der Waals surface area contributed by atoms with Gasteiger partial charge >= 0.3 is 0 Å². The van der Waals surface area contributed by atoms with Crippen LogP contribution in [-0.2, 0) is 4.74 Å². The Morgan fingerprint density at radius 2 is 2.20 bits per heavy atom. The van der Waals surface area contributed by atoms with Crippen LogP contribution < -0.4 is 5.32 Å². The minimum absolute atomic E-state index is 0.106. The maximum absolute atomic E-state index is 5.81. The molecular formula is C17H28N2O. The van der Waals surface area contributed by atoms with Crippen LogP contribution in [0, 0.1) is 0 Å². The number of hydrogen-bond donors (Lipinski definition) is 1. The Balaban J connectivity index is 2.06. The van der Waals surface area contributed by atoms with Gasteiger partial charge in [-0.05, 0) is 50.8 Å². The molecule has 1 fully saturated rings. The number of nitrogens with one attached hydrogen (secondary N) is 1. The minimum atomic E-state index is 0.106. The summed E-state index contributed by atoms with van der Waals surface area (Å²) in [6.45, 7) is 5.55. The zero-order valence-corrected chi connectivity index (χ0v) is 13.1. The van der Waals surface area contributed by atoms with E-state index in [9.17, 15) is 0 Å². The Labute approximate surface area is 123 Å². The summed E-state index contributed by atoms with van der Waals surface area (Å²) in [5, 5.41) is 3.71. The van der Waals surface area contributed by atoms with Gasteiger partial charge < -0.3 is 10.1 Å². The average molecular weight is 276 g/mol. The second kappa shape index (κ2) is 7.19. The largest absolute Gasteiger partial charge is 0.378 e. The minimum Gasteiger partial charge on any atom is -0.378 e. The molecule has 0 bridgehead atoms. The lowest BCUT2D eigenvalue weighted by atomic mass is 9.73. The molecule has 1 saturated carbocycles. The number of aromatic nitrogens is 1. The van der Waals surface area contributed by atoms with Gasteiger partial charge in [-0.1, -0.05) is 19.9 Å². The monoisotopic (exact) mass is 276 g/mol. The van der Waals surface area contributed by atoms with Crippen LogP contribution in [0.4, 0.5) is 0 Å². The van der Waals surface area contributed by atoms with E-state index >= 15 is 0 Å². The van der Waals surface area contributed by atoms with Crippen LogP contribution in [0.2, 0.25) is 0 Å². The van der Waals surface area contributed by atoms with Gasteiger partial charge in [0.05, 0.1) is 5.60 Å². The van der Waals surface area contributed by atoms with Gasteiger partial charge in [-0.2, -0.15) is 0 Å². The molecule has 3 heteroatoms. The van der Waals surface area contributed by atoms with Crippen molar-refractivity contribution in [1.82, 2.24) is 10.3 Å². The molecule has 0 saturated heterocycles. The van der Waals surface area contributed by atoms with E-state index in [1.807, 2.05) is 19.4 Å². The number of nitrogens with zero attached hydrogens (tertiary/aromatic N) is 1. The lowest BCUT2D eigenvalue weighted by molar-refractivity contribution is -0.0847. The van der Waals surface area contributed by atoms with Gasteiger partial charge in [0.25, 0.3) is 0 Å². The van der Waals surface area contributed by atoms with Crippen LogP contribution in [0.1, 0.15) is 57.6 Å². The molecule has 1 aliphatic carbocycles. The number of methoxy groups -OCH3 is 1. The first-order chi connectivity index (χ1) is 9.71. The molecule has 0 aliphatic heterocycles. The van der Waals surface area contributed by atoms with Crippen molar-refractivity contribution in [2.75, 3.05) is 13.7 Å². The SMILES string of the molecule is CCCNC(CC1(OC)CCC1)C(C)c1ccccn1. The third-order valence-corrected chi connectivity index (χ3v) is 4.70. The van der Waals surface area contributed by atoms with Crippen LogP contribution in [0.15, 0.2) is 24.4 Å². The summed E-state index contributed by atoms with van der Waals surface area (Å²) in [4.78, 5) is 4.53. The summed E-state index contributed by atoms with van der Waals surface area (Å²) in [6, 6.07) is 6.62. The van der Waals surface area contributed by atoms with Crippen LogP contribution in [0.5, 0.6) is 0 Å². The van der Waals surface area contributed by atoms with Gasteiger partial charge in [0.1, 0.15) is 0 Å². The van der Waals surface area contributed by atoms with E-state index in [2.05, 4.69) is 36.3 Å². The Hall–Kier alpha value is -0.930. The van der Waals surface area contributed by atoms with Crippen molar-refractivity contribution in [3.8, 4) is 0 Å². The average Bonchev–Trinajstić information content (AvgIpc) is 2.46. The zero-order chi connectivity index (χ0) is 14.4. The number of pyridine rings is 1. The van der Waals surface area contributed by atoms with Crippen molar-refractivity contribution in [2.24, 2.45) is 0 Å². The highest BCUT2D eigenvalue weighted by Gasteiger charge is 2.40. The molecule has 20 heavy (non-hydrogen) atoms. The fraction of sp³-hybridized carbons (Fsp3) is 0.706. The molecular weight excluding hydrogens is 248 g/mol. The number of hydrogen-bond acceptors (Lipinski definition) is 3. The topological polar surface area (TPSA) is 34.1 Å². The van der Waals surface area contributed by atoms with Gasteiger partial charge in [0.2, 0.25) is 0 Å². The highest BCUT2D eigenvalue weighted by molar-refractivity contribution is 5.12. The first-order valence-corrected chi connectivity index (χ1v) is 7.90. The first kappa shape index (κ1) is 15.5. The lowest BCUT2D eigenvalue weighted by Gasteiger charge is -2.44. The molecule has 112 valence electrons. The van der Waals surface area contributed by atoms with Gasteiger partial charge in [-0.3, -0.25) is 4.98 Å². The summed E-state index contributed by atoms with van der Waals surface area (Å²) in [6.07, 6.45) is 7.82. The van der Waals surface area contributed by atoms with Gasteiger partial charge in [0, 0.05) is 31.0 Å². The van der Waals surface area contributed by atoms with Crippen molar-refractivity contribution >= 4 is 0 Å². The maximum Gasteiger partial charge on any atom is 0.0693 e. The van der Waals surface area contributed by atoms with E-state index in [0.29, 0.717) is 12.0 Å². The summed E-state index contributed by atoms with van der Waals surface area (Å²) >= 11 is 0. The predicted molar refractivity (Wildman–Crippen MR) is 82.9 cm³/mol. The van der Waals surface area contributed by atoms with E-state index in [1.54, 1.807) is 0 Å². The van der Waals surface area contributed by atoms with Crippen LogP contribution in [0.3, 0.4) is 0 Å². The second-order valence-electron chi connectivity index (χ2n) is 6.05. The van der Waals surface area contributed by atoms with E-state index in [1.165, 1.54) is 25.0 Å². The molecule has 1 heterocycles. The van der Waals surface area contributed by atoms with Crippen molar-refractivity contribution < 1.29 is 4.74 Å². The summed E-state index contributed by atoms with van der Waals surface area (Å²) in [5.74, 6) is 0.412. The van der Waals surface area contributed by atoms with Crippen LogP contribution >= 0.6 is 0 Å². The molecule has 2 unspecified atom stereocenters. The molecule has 2 atom stereocenters. The fourth-order valence-electron chi connectivity index (χ4n) is 3.07. The summed E-state index contributed by atoms with van der Waals surface area (Å²) in [7, 11) is 1.86. The molecule has 0 spiro atoms. The standard InChI is InChI=1S/C17H28N2O/c1-4-11-18-16(13-17(20-3)9-7-10-17)14(2)15-8-5-6-12-19-15/h5-6,8,12,14,16,18H,4,7,9-11,13H2,1-3H3. The van der Waals surface area contributed by atoms with E-state index in [-0.39, 0.29) is 5.60 Å². The molecule has 1 N–H and O–H groups in total. The molecule has 0 aromatic carbocycles. The molecule has 1 aromatic heterocycles. The van der Waals surface area contributed by atoms with Crippen molar-refractivity contribution in [1.29, 1.82) is 0 Å². The van der Waals surface area contributed by atoms with E-state index < -0.39 is 0 Å². The van der Waals surface area contributed by atoms with Crippen molar-refractivity contribution in [3.05, 3.63) is 30.1 Å².